The molecule has 0 radical (unpaired) electrons. The zero-order valence-corrected chi connectivity index (χ0v) is 19.7. The van der Waals surface area contributed by atoms with E-state index in [1.807, 2.05) is 73.7 Å². The third-order valence-electron chi connectivity index (χ3n) is 4.74. The molecule has 0 saturated heterocycles. The van der Waals surface area contributed by atoms with E-state index >= 15 is 0 Å². The molecule has 3 aromatic carbocycles. The standard InChI is InChI=1S/C24H18BrIN2O/c1-15-3-11-22(16(2)13-15)28-23(12-6-17-4-7-18(25)8-5-17)27-21-10-9-19(26)14-20(21)24(28)29/h3-14H,1-2H3. The Labute approximate surface area is 191 Å². The van der Waals surface area contributed by atoms with E-state index in [1.54, 1.807) is 4.57 Å². The van der Waals surface area contributed by atoms with Crippen LogP contribution in [0, 0.1) is 17.4 Å². The molecule has 0 spiro atoms. The lowest BCUT2D eigenvalue weighted by molar-refractivity contribution is 0.933. The fraction of sp³-hybridized carbons (Fsp3) is 0.0833. The zero-order valence-electron chi connectivity index (χ0n) is 16.0. The van der Waals surface area contributed by atoms with Crippen molar-refractivity contribution in [1.29, 1.82) is 0 Å². The van der Waals surface area contributed by atoms with E-state index in [4.69, 9.17) is 4.98 Å². The summed E-state index contributed by atoms with van der Waals surface area (Å²) in [4.78, 5) is 18.3. The van der Waals surface area contributed by atoms with E-state index in [0.29, 0.717) is 16.7 Å². The summed E-state index contributed by atoms with van der Waals surface area (Å²) in [6, 6.07) is 19.9. The number of hydrogen-bond acceptors (Lipinski definition) is 2. The second-order valence-electron chi connectivity index (χ2n) is 6.95. The predicted octanol–water partition coefficient (Wildman–Crippen LogP) is 6.54. The molecule has 1 heterocycles. The number of fused-ring (bicyclic) bond motifs is 1. The maximum atomic E-state index is 13.5. The van der Waals surface area contributed by atoms with Gasteiger partial charge in [-0.1, -0.05) is 51.8 Å². The Balaban J connectivity index is 1.97. The monoisotopic (exact) mass is 556 g/mol. The molecular weight excluding hydrogens is 539 g/mol. The molecule has 0 unspecified atom stereocenters. The van der Waals surface area contributed by atoms with Crippen LogP contribution in [0.4, 0.5) is 0 Å². The van der Waals surface area contributed by atoms with Crippen LogP contribution in [0.3, 0.4) is 0 Å². The maximum Gasteiger partial charge on any atom is 0.266 e. The van der Waals surface area contributed by atoms with Gasteiger partial charge < -0.3 is 0 Å². The van der Waals surface area contributed by atoms with Crippen LogP contribution in [0.15, 0.2) is 69.9 Å². The molecule has 0 aliphatic carbocycles. The minimum Gasteiger partial charge on any atom is -0.268 e. The molecular formula is C24H18BrIN2O. The lowest BCUT2D eigenvalue weighted by Crippen LogP contribution is -2.23. The van der Waals surface area contributed by atoms with Crippen molar-refractivity contribution < 1.29 is 0 Å². The van der Waals surface area contributed by atoms with Gasteiger partial charge in [-0.2, -0.15) is 0 Å². The topological polar surface area (TPSA) is 34.9 Å². The van der Waals surface area contributed by atoms with E-state index < -0.39 is 0 Å². The second-order valence-corrected chi connectivity index (χ2v) is 9.11. The molecule has 0 bridgehead atoms. The van der Waals surface area contributed by atoms with Gasteiger partial charge in [0.05, 0.1) is 16.6 Å². The van der Waals surface area contributed by atoms with Crippen LogP contribution in [0.2, 0.25) is 0 Å². The molecule has 144 valence electrons. The Bertz CT molecular complexity index is 1310. The van der Waals surface area contributed by atoms with Gasteiger partial charge in [-0.15, -0.1) is 0 Å². The molecule has 1 aromatic heterocycles. The smallest absolute Gasteiger partial charge is 0.266 e. The summed E-state index contributed by atoms with van der Waals surface area (Å²) >= 11 is 5.68. The number of halogens is 2. The van der Waals surface area contributed by atoms with Crippen molar-refractivity contribution in [3.63, 3.8) is 0 Å². The highest BCUT2D eigenvalue weighted by molar-refractivity contribution is 14.1. The first kappa shape index (κ1) is 20.0. The van der Waals surface area contributed by atoms with Crippen molar-refractivity contribution >= 4 is 61.6 Å². The van der Waals surface area contributed by atoms with Crippen LogP contribution in [-0.4, -0.2) is 9.55 Å². The molecule has 0 N–H and O–H groups in total. The second kappa shape index (κ2) is 8.24. The number of aryl methyl sites for hydroxylation is 2. The summed E-state index contributed by atoms with van der Waals surface area (Å²) in [6.07, 6.45) is 3.88. The van der Waals surface area contributed by atoms with E-state index in [9.17, 15) is 4.79 Å². The molecule has 0 aliphatic rings. The highest BCUT2D eigenvalue weighted by atomic mass is 127. The first-order valence-corrected chi connectivity index (χ1v) is 11.0. The van der Waals surface area contributed by atoms with Crippen LogP contribution in [-0.2, 0) is 0 Å². The fourth-order valence-electron chi connectivity index (χ4n) is 3.32. The largest absolute Gasteiger partial charge is 0.268 e. The summed E-state index contributed by atoms with van der Waals surface area (Å²) in [5, 5.41) is 0.623. The van der Waals surface area contributed by atoms with E-state index in [2.05, 4.69) is 51.5 Å². The van der Waals surface area contributed by atoms with Crippen LogP contribution in [0.5, 0.6) is 0 Å². The number of nitrogens with zero attached hydrogens (tertiary/aromatic N) is 2. The molecule has 0 atom stereocenters. The number of rotatable bonds is 3. The summed E-state index contributed by atoms with van der Waals surface area (Å²) in [5.41, 5.74) is 4.73. The molecule has 0 fully saturated rings. The molecule has 5 heteroatoms. The van der Waals surface area contributed by atoms with Crippen LogP contribution < -0.4 is 5.56 Å². The molecule has 4 aromatic rings. The first-order chi connectivity index (χ1) is 13.9. The third-order valence-corrected chi connectivity index (χ3v) is 5.94. The minimum absolute atomic E-state index is 0.0593. The summed E-state index contributed by atoms with van der Waals surface area (Å²) < 4.78 is 3.75. The van der Waals surface area contributed by atoms with E-state index in [0.717, 1.165) is 30.4 Å². The van der Waals surface area contributed by atoms with Crippen molar-refractivity contribution in [3.8, 4) is 5.69 Å². The first-order valence-electron chi connectivity index (χ1n) is 9.16. The average molecular weight is 557 g/mol. The minimum atomic E-state index is -0.0593. The van der Waals surface area contributed by atoms with Gasteiger partial charge in [0, 0.05) is 8.04 Å². The van der Waals surface area contributed by atoms with Crippen LogP contribution >= 0.6 is 38.5 Å². The SMILES string of the molecule is Cc1ccc(-n2c(C=Cc3ccc(Br)cc3)nc3ccc(I)cc3c2=O)c(C)c1. The Morgan fingerprint density at radius 1 is 0.966 bits per heavy atom. The number of aromatic nitrogens is 2. The van der Waals surface area contributed by atoms with Crippen LogP contribution in [0.25, 0.3) is 28.7 Å². The molecule has 29 heavy (non-hydrogen) atoms. The van der Waals surface area contributed by atoms with Crippen molar-refractivity contribution in [3.05, 3.63) is 102 Å². The molecule has 0 saturated carbocycles. The number of benzene rings is 3. The van der Waals surface area contributed by atoms with Crippen molar-refractivity contribution in [2.24, 2.45) is 0 Å². The van der Waals surface area contributed by atoms with Gasteiger partial charge in [-0.3, -0.25) is 9.36 Å². The van der Waals surface area contributed by atoms with Gasteiger partial charge in [0.25, 0.3) is 5.56 Å². The van der Waals surface area contributed by atoms with Gasteiger partial charge in [-0.25, -0.2) is 4.98 Å². The van der Waals surface area contributed by atoms with Crippen molar-refractivity contribution in [2.75, 3.05) is 0 Å². The van der Waals surface area contributed by atoms with Gasteiger partial charge in [0.15, 0.2) is 0 Å². The van der Waals surface area contributed by atoms with E-state index in [1.165, 1.54) is 0 Å². The third kappa shape index (κ3) is 4.21. The highest BCUT2D eigenvalue weighted by Crippen LogP contribution is 2.21. The lowest BCUT2D eigenvalue weighted by atomic mass is 10.1. The van der Waals surface area contributed by atoms with E-state index in [-0.39, 0.29) is 5.56 Å². The fourth-order valence-corrected chi connectivity index (χ4v) is 4.08. The quantitative estimate of drug-likeness (QED) is 0.269. The van der Waals surface area contributed by atoms with Gasteiger partial charge in [0.1, 0.15) is 5.82 Å². The lowest BCUT2D eigenvalue weighted by Gasteiger charge is -2.14. The molecule has 0 aliphatic heterocycles. The normalized spacial score (nSPS) is 11.4. The maximum absolute atomic E-state index is 13.5. The highest BCUT2D eigenvalue weighted by Gasteiger charge is 2.13. The Morgan fingerprint density at radius 2 is 1.72 bits per heavy atom. The summed E-state index contributed by atoms with van der Waals surface area (Å²) in [5.74, 6) is 0.610. The van der Waals surface area contributed by atoms with Crippen molar-refractivity contribution in [1.82, 2.24) is 9.55 Å². The molecule has 3 nitrogen and oxygen atoms in total. The Hall–Kier alpha value is -2.25. The number of hydrogen-bond donors (Lipinski definition) is 0. The van der Waals surface area contributed by atoms with Gasteiger partial charge in [0.2, 0.25) is 0 Å². The zero-order chi connectivity index (χ0) is 20.5. The van der Waals surface area contributed by atoms with Crippen LogP contribution in [0.1, 0.15) is 22.5 Å². The predicted molar refractivity (Wildman–Crippen MR) is 133 cm³/mol. The van der Waals surface area contributed by atoms with Gasteiger partial charge in [-0.05, 0) is 90.0 Å². The van der Waals surface area contributed by atoms with Crippen molar-refractivity contribution in [2.45, 2.75) is 13.8 Å². The summed E-state index contributed by atoms with van der Waals surface area (Å²) in [7, 11) is 0. The van der Waals surface area contributed by atoms with Gasteiger partial charge >= 0.3 is 0 Å². The Kier molecular flexibility index (Phi) is 5.69. The average Bonchev–Trinajstić information content (AvgIpc) is 2.69. The Morgan fingerprint density at radius 3 is 2.45 bits per heavy atom. The molecule has 4 rings (SSSR count). The summed E-state index contributed by atoms with van der Waals surface area (Å²) in [6.45, 7) is 4.07. The molecule has 0 amide bonds.